The summed E-state index contributed by atoms with van der Waals surface area (Å²) in [5.41, 5.74) is 1.96. The van der Waals surface area contributed by atoms with Crippen molar-refractivity contribution < 1.29 is 14.0 Å². The van der Waals surface area contributed by atoms with Gasteiger partial charge < -0.3 is 9.80 Å². The van der Waals surface area contributed by atoms with Crippen molar-refractivity contribution in [3.63, 3.8) is 0 Å². The molecule has 142 valence electrons. The molecule has 2 aromatic carbocycles. The van der Waals surface area contributed by atoms with Crippen LogP contribution < -0.4 is 0 Å². The Hall–Kier alpha value is -3.20. The van der Waals surface area contributed by atoms with Gasteiger partial charge in [-0.1, -0.05) is 18.2 Å². The van der Waals surface area contributed by atoms with Gasteiger partial charge in [-0.3, -0.25) is 9.59 Å². The predicted molar refractivity (Wildman–Crippen MR) is 101 cm³/mol. The SMILES string of the molecule is N#Cc1cccc(C(=O)N2CCN(C(=O)[C@H]3C[C@H]3c3ccc(F)cc3)CC2)c1. The molecule has 0 bridgehead atoms. The molecule has 0 radical (unpaired) electrons. The Morgan fingerprint density at radius 1 is 1.00 bits per heavy atom. The van der Waals surface area contributed by atoms with Crippen molar-refractivity contribution in [1.82, 2.24) is 9.80 Å². The highest BCUT2D eigenvalue weighted by Crippen LogP contribution is 2.48. The van der Waals surface area contributed by atoms with Crippen LogP contribution >= 0.6 is 0 Å². The highest BCUT2D eigenvalue weighted by atomic mass is 19.1. The maximum atomic E-state index is 13.1. The molecule has 0 spiro atoms. The third kappa shape index (κ3) is 3.61. The van der Waals surface area contributed by atoms with Crippen LogP contribution in [0.15, 0.2) is 48.5 Å². The van der Waals surface area contributed by atoms with Crippen LogP contribution in [0.4, 0.5) is 4.39 Å². The smallest absolute Gasteiger partial charge is 0.254 e. The number of piperazine rings is 1. The van der Waals surface area contributed by atoms with Crippen molar-refractivity contribution in [2.24, 2.45) is 5.92 Å². The minimum atomic E-state index is -0.270. The number of carbonyl (C=O) groups excluding carboxylic acids is 2. The van der Waals surface area contributed by atoms with Crippen molar-refractivity contribution in [3.8, 4) is 6.07 Å². The predicted octanol–water partition coefficient (Wildman–Crippen LogP) is 2.79. The van der Waals surface area contributed by atoms with Crippen LogP contribution in [-0.4, -0.2) is 47.8 Å². The summed E-state index contributed by atoms with van der Waals surface area (Å²) < 4.78 is 13.1. The second-order valence-corrected chi connectivity index (χ2v) is 7.31. The molecule has 1 aliphatic heterocycles. The van der Waals surface area contributed by atoms with Crippen LogP contribution in [0.5, 0.6) is 0 Å². The molecule has 0 aromatic heterocycles. The Bertz CT molecular complexity index is 943. The molecule has 2 fully saturated rings. The summed E-state index contributed by atoms with van der Waals surface area (Å²) in [5, 5.41) is 8.99. The summed E-state index contributed by atoms with van der Waals surface area (Å²) in [5.74, 6) is -0.136. The highest BCUT2D eigenvalue weighted by molar-refractivity contribution is 5.94. The summed E-state index contributed by atoms with van der Waals surface area (Å²) in [6.07, 6.45) is 0.796. The summed E-state index contributed by atoms with van der Waals surface area (Å²) >= 11 is 0. The molecule has 1 saturated heterocycles. The maximum absolute atomic E-state index is 13.1. The summed E-state index contributed by atoms with van der Waals surface area (Å²) in [6.45, 7) is 1.98. The van der Waals surface area contributed by atoms with Crippen LogP contribution in [0.25, 0.3) is 0 Å². The third-order valence-electron chi connectivity index (χ3n) is 5.52. The van der Waals surface area contributed by atoms with Crippen molar-refractivity contribution >= 4 is 11.8 Å². The lowest BCUT2D eigenvalue weighted by molar-refractivity contribution is -0.134. The van der Waals surface area contributed by atoms with E-state index >= 15 is 0 Å². The highest BCUT2D eigenvalue weighted by Gasteiger charge is 2.46. The second kappa shape index (κ2) is 7.43. The monoisotopic (exact) mass is 377 g/mol. The van der Waals surface area contributed by atoms with Crippen molar-refractivity contribution in [3.05, 3.63) is 71.0 Å². The van der Waals surface area contributed by atoms with Gasteiger partial charge in [-0.15, -0.1) is 0 Å². The largest absolute Gasteiger partial charge is 0.339 e. The van der Waals surface area contributed by atoms with Gasteiger partial charge in [0.25, 0.3) is 5.91 Å². The van der Waals surface area contributed by atoms with Crippen LogP contribution in [0.3, 0.4) is 0 Å². The van der Waals surface area contributed by atoms with Crippen LogP contribution in [0.2, 0.25) is 0 Å². The Balaban J connectivity index is 1.33. The standard InChI is InChI=1S/C22H20FN3O2/c23-18-6-4-16(5-7-18)19-13-20(19)22(28)26-10-8-25(9-11-26)21(27)17-3-1-2-15(12-17)14-24/h1-7,12,19-20H,8-11,13H2/t19-,20-/m0/s1. The van der Waals surface area contributed by atoms with Crippen LogP contribution in [0, 0.1) is 23.1 Å². The summed E-state index contributed by atoms with van der Waals surface area (Å²) in [7, 11) is 0. The van der Waals surface area contributed by atoms with Gasteiger partial charge in [0.2, 0.25) is 5.91 Å². The molecule has 1 saturated carbocycles. The molecule has 1 heterocycles. The molecule has 6 heteroatoms. The second-order valence-electron chi connectivity index (χ2n) is 7.31. The Kier molecular flexibility index (Phi) is 4.82. The molecule has 2 amide bonds. The fraction of sp³-hybridized carbons (Fsp3) is 0.318. The van der Waals surface area contributed by atoms with E-state index in [1.165, 1.54) is 12.1 Å². The maximum Gasteiger partial charge on any atom is 0.254 e. The zero-order chi connectivity index (χ0) is 19.7. The molecule has 2 aliphatic rings. The minimum absolute atomic E-state index is 0.0416. The van der Waals surface area contributed by atoms with E-state index in [2.05, 4.69) is 0 Å². The lowest BCUT2D eigenvalue weighted by atomic mass is 10.1. The van der Waals surface area contributed by atoms with Crippen molar-refractivity contribution in [2.75, 3.05) is 26.2 Å². The van der Waals surface area contributed by atoms with Gasteiger partial charge in [-0.05, 0) is 48.2 Å². The van der Waals surface area contributed by atoms with E-state index < -0.39 is 0 Å². The van der Waals surface area contributed by atoms with E-state index in [4.69, 9.17) is 5.26 Å². The zero-order valence-electron chi connectivity index (χ0n) is 15.3. The Morgan fingerprint density at radius 2 is 1.68 bits per heavy atom. The Morgan fingerprint density at radius 3 is 2.36 bits per heavy atom. The van der Waals surface area contributed by atoms with Gasteiger partial charge in [-0.2, -0.15) is 5.26 Å². The van der Waals surface area contributed by atoms with E-state index in [1.54, 1.807) is 41.3 Å². The first-order chi connectivity index (χ1) is 13.6. The number of nitrogens with zero attached hydrogens (tertiary/aromatic N) is 3. The van der Waals surface area contributed by atoms with Crippen molar-refractivity contribution in [2.45, 2.75) is 12.3 Å². The van der Waals surface area contributed by atoms with E-state index in [9.17, 15) is 14.0 Å². The van der Waals surface area contributed by atoms with Gasteiger partial charge in [0.1, 0.15) is 5.82 Å². The van der Waals surface area contributed by atoms with Gasteiger partial charge in [0, 0.05) is 37.7 Å². The molecule has 0 unspecified atom stereocenters. The summed E-state index contributed by atoms with van der Waals surface area (Å²) in [4.78, 5) is 28.9. The van der Waals surface area contributed by atoms with Crippen LogP contribution in [0.1, 0.15) is 33.8 Å². The lowest BCUT2D eigenvalue weighted by Crippen LogP contribution is -2.51. The molecule has 2 atom stereocenters. The van der Waals surface area contributed by atoms with Gasteiger partial charge in [0.15, 0.2) is 0 Å². The van der Waals surface area contributed by atoms with E-state index in [0.717, 1.165) is 12.0 Å². The summed E-state index contributed by atoms with van der Waals surface area (Å²) in [6, 6.07) is 15.1. The van der Waals surface area contributed by atoms with E-state index in [-0.39, 0.29) is 29.5 Å². The third-order valence-corrected chi connectivity index (χ3v) is 5.52. The number of halogens is 1. The Labute approximate surface area is 163 Å². The molecule has 2 aromatic rings. The number of benzene rings is 2. The molecule has 4 rings (SSSR count). The van der Waals surface area contributed by atoms with E-state index in [1.807, 2.05) is 11.0 Å². The van der Waals surface area contributed by atoms with E-state index in [0.29, 0.717) is 37.3 Å². The van der Waals surface area contributed by atoms with Gasteiger partial charge in [0.05, 0.1) is 11.6 Å². The van der Waals surface area contributed by atoms with Crippen LogP contribution in [-0.2, 0) is 4.79 Å². The van der Waals surface area contributed by atoms with Crippen molar-refractivity contribution in [1.29, 1.82) is 5.26 Å². The number of amides is 2. The quantitative estimate of drug-likeness (QED) is 0.826. The molecule has 28 heavy (non-hydrogen) atoms. The minimum Gasteiger partial charge on any atom is -0.339 e. The number of nitriles is 1. The molecule has 1 aliphatic carbocycles. The first-order valence-electron chi connectivity index (χ1n) is 9.40. The average Bonchev–Trinajstić information content (AvgIpc) is 3.54. The number of hydrogen-bond donors (Lipinski definition) is 0. The fourth-order valence-corrected chi connectivity index (χ4v) is 3.82. The molecular formula is C22H20FN3O2. The first-order valence-corrected chi connectivity index (χ1v) is 9.40. The molecular weight excluding hydrogens is 357 g/mol. The number of carbonyl (C=O) groups is 2. The zero-order valence-corrected chi connectivity index (χ0v) is 15.3. The van der Waals surface area contributed by atoms with Gasteiger partial charge >= 0.3 is 0 Å². The fourth-order valence-electron chi connectivity index (χ4n) is 3.82. The lowest BCUT2D eigenvalue weighted by Gasteiger charge is -2.35. The number of rotatable bonds is 3. The number of hydrogen-bond acceptors (Lipinski definition) is 3. The average molecular weight is 377 g/mol. The van der Waals surface area contributed by atoms with Gasteiger partial charge in [-0.25, -0.2) is 4.39 Å². The first kappa shape index (κ1) is 18.2. The molecule has 5 nitrogen and oxygen atoms in total. The normalized spacial score (nSPS) is 21.1. The topological polar surface area (TPSA) is 64.4 Å². The molecule has 0 N–H and O–H groups in total.